The maximum Gasteiger partial charge on any atom is 0.230 e. The number of carbonyl (C=O) groups excluding carboxylic acids is 1. The number of benzene rings is 1. The Labute approximate surface area is 164 Å². The number of amides is 1. The summed E-state index contributed by atoms with van der Waals surface area (Å²) in [6, 6.07) is 11.6. The minimum atomic E-state index is -0.0929. The molecular formula is C20H16N4OS2. The van der Waals surface area contributed by atoms with Crippen LogP contribution >= 0.6 is 22.7 Å². The lowest BCUT2D eigenvalue weighted by atomic mass is 10.1. The molecule has 0 atom stereocenters. The third kappa shape index (κ3) is 4.27. The lowest BCUT2D eigenvalue weighted by molar-refractivity contribution is -0.115. The molecule has 134 valence electrons. The Bertz CT molecular complexity index is 1070. The Morgan fingerprint density at radius 1 is 1.07 bits per heavy atom. The van der Waals surface area contributed by atoms with Gasteiger partial charge in [0.25, 0.3) is 0 Å². The molecule has 5 nitrogen and oxygen atoms in total. The van der Waals surface area contributed by atoms with E-state index in [0.29, 0.717) is 0 Å². The van der Waals surface area contributed by atoms with Crippen LogP contribution in [0, 0.1) is 6.92 Å². The molecule has 1 aromatic carbocycles. The Morgan fingerprint density at radius 3 is 2.74 bits per heavy atom. The van der Waals surface area contributed by atoms with Crippen LogP contribution < -0.4 is 5.32 Å². The lowest BCUT2D eigenvalue weighted by Gasteiger charge is -2.06. The molecule has 0 aliphatic rings. The van der Waals surface area contributed by atoms with Crippen LogP contribution in [0.5, 0.6) is 0 Å². The first kappa shape index (κ1) is 17.5. The van der Waals surface area contributed by atoms with Crippen molar-refractivity contribution in [2.75, 3.05) is 5.32 Å². The van der Waals surface area contributed by atoms with Crippen molar-refractivity contribution in [2.45, 2.75) is 13.3 Å². The minimum absolute atomic E-state index is 0.0929. The lowest BCUT2D eigenvalue weighted by Crippen LogP contribution is -2.14. The first-order valence-electron chi connectivity index (χ1n) is 8.34. The number of hydrogen-bond donors (Lipinski definition) is 1. The zero-order valence-electron chi connectivity index (χ0n) is 14.5. The largest absolute Gasteiger partial charge is 0.326 e. The number of anilines is 1. The van der Waals surface area contributed by atoms with E-state index in [1.807, 2.05) is 54.1 Å². The van der Waals surface area contributed by atoms with Gasteiger partial charge in [0.15, 0.2) is 0 Å². The number of hydrogen-bond acceptors (Lipinski definition) is 6. The van der Waals surface area contributed by atoms with Crippen LogP contribution in [-0.2, 0) is 11.2 Å². The van der Waals surface area contributed by atoms with Gasteiger partial charge in [-0.1, -0.05) is 12.1 Å². The monoisotopic (exact) mass is 392 g/mol. The molecule has 7 heteroatoms. The first-order chi connectivity index (χ1) is 13.2. The second-order valence-corrected chi connectivity index (χ2v) is 7.86. The number of thiazole rings is 2. The molecule has 0 bridgehead atoms. The molecule has 0 saturated carbocycles. The van der Waals surface area contributed by atoms with Crippen molar-refractivity contribution < 1.29 is 4.79 Å². The summed E-state index contributed by atoms with van der Waals surface area (Å²) in [4.78, 5) is 25.5. The highest BCUT2D eigenvalue weighted by Gasteiger charge is 2.10. The van der Waals surface area contributed by atoms with Crippen molar-refractivity contribution in [1.82, 2.24) is 15.0 Å². The zero-order chi connectivity index (χ0) is 18.6. The highest BCUT2D eigenvalue weighted by molar-refractivity contribution is 7.13. The van der Waals surface area contributed by atoms with Crippen molar-refractivity contribution in [3.05, 3.63) is 70.3 Å². The summed E-state index contributed by atoms with van der Waals surface area (Å²) >= 11 is 3.13. The third-order valence-electron chi connectivity index (χ3n) is 3.86. The number of aromatic nitrogens is 3. The maximum absolute atomic E-state index is 12.4. The first-order valence-corrected chi connectivity index (χ1v) is 10.1. The molecule has 0 spiro atoms. The van der Waals surface area contributed by atoms with E-state index in [2.05, 4.69) is 20.3 Å². The summed E-state index contributed by atoms with van der Waals surface area (Å²) in [6.45, 7) is 1.98. The van der Waals surface area contributed by atoms with E-state index < -0.39 is 0 Å². The number of pyridine rings is 1. The summed E-state index contributed by atoms with van der Waals surface area (Å²) in [5, 5.41) is 8.77. The maximum atomic E-state index is 12.4. The average Bonchev–Trinajstić information content (AvgIpc) is 3.32. The van der Waals surface area contributed by atoms with Crippen LogP contribution in [0.3, 0.4) is 0 Å². The predicted molar refractivity (Wildman–Crippen MR) is 110 cm³/mol. The van der Waals surface area contributed by atoms with Gasteiger partial charge in [-0.2, -0.15) is 0 Å². The van der Waals surface area contributed by atoms with Gasteiger partial charge in [-0.15, -0.1) is 22.7 Å². The third-order valence-corrected chi connectivity index (χ3v) is 5.58. The molecular weight excluding hydrogens is 376 g/mol. The molecule has 0 unspecified atom stereocenters. The van der Waals surface area contributed by atoms with Crippen molar-refractivity contribution in [3.8, 4) is 21.8 Å². The molecule has 3 aromatic heterocycles. The predicted octanol–water partition coefficient (Wildman–Crippen LogP) is 4.82. The fourth-order valence-corrected chi connectivity index (χ4v) is 4.06. The molecule has 0 fully saturated rings. The molecule has 4 rings (SSSR count). The van der Waals surface area contributed by atoms with Crippen LogP contribution in [0.2, 0.25) is 0 Å². The fourth-order valence-electron chi connectivity index (χ4n) is 2.63. The number of carbonyl (C=O) groups is 1. The van der Waals surface area contributed by atoms with Crippen molar-refractivity contribution in [1.29, 1.82) is 0 Å². The summed E-state index contributed by atoms with van der Waals surface area (Å²) in [7, 11) is 0. The summed E-state index contributed by atoms with van der Waals surface area (Å²) in [5.74, 6) is -0.0929. The van der Waals surface area contributed by atoms with E-state index in [9.17, 15) is 4.79 Å². The van der Waals surface area contributed by atoms with Crippen LogP contribution in [-0.4, -0.2) is 20.9 Å². The van der Waals surface area contributed by atoms with Gasteiger partial charge in [0, 0.05) is 40.0 Å². The fraction of sp³-hybridized carbons (Fsp3) is 0.100. The zero-order valence-corrected chi connectivity index (χ0v) is 16.2. The van der Waals surface area contributed by atoms with Crippen LogP contribution in [0.15, 0.2) is 59.6 Å². The molecule has 3 heterocycles. The van der Waals surface area contributed by atoms with Gasteiger partial charge in [-0.25, -0.2) is 9.97 Å². The van der Waals surface area contributed by atoms with Crippen molar-refractivity contribution in [2.24, 2.45) is 0 Å². The summed E-state index contributed by atoms with van der Waals surface area (Å²) < 4.78 is 0. The van der Waals surface area contributed by atoms with E-state index in [-0.39, 0.29) is 12.3 Å². The quantitative estimate of drug-likeness (QED) is 0.529. The van der Waals surface area contributed by atoms with Crippen LogP contribution in [0.25, 0.3) is 21.8 Å². The van der Waals surface area contributed by atoms with Crippen LogP contribution in [0.1, 0.15) is 10.7 Å². The van der Waals surface area contributed by atoms with Gasteiger partial charge in [-0.3, -0.25) is 9.78 Å². The highest BCUT2D eigenvalue weighted by Crippen LogP contribution is 2.25. The van der Waals surface area contributed by atoms with Gasteiger partial charge in [0.2, 0.25) is 5.91 Å². The molecule has 0 saturated heterocycles. The van der Waals surface area contributed by atoms with Crippen molar-refractivity contribution >= 4 is 34.3 Å². The van der Waals surface area contributed by atoms with Gasteiger partial charge < -0.3 is 5.32 Å². The Morgan fingerprint density at radius 2 is 1.96 bits per heavy atom. The van der Waals surface area contributed by atoms with E-state index in [1.54, 1.807) is 23.7 Å². The Hall–Kier alpha value is -2.90. The smallest absolute Gasteiger partial charge is 0.230 e. The van der Waals surface area contributed by atoms with E-state index in [4.69, 9.17) is 0 Å². The molecule has 0 radical (unpaired) electrons. The number of nitrogens with zero attached hydrogens (tertiary/aromatic N) is 3. The topological polar surface area (TPSA) is 67.8 Å². The number of aryl methyl sites for hydroxylation is 1. The molecule has 0 aliphatic carbocycles. The number of rotatable bonds is 5. The SMILES string of the molecule is Cc1nc(-c2cccc(NC(=O)Cc3csc(-c4cccnc4)n3)c2)cs1. The second-order valence-electron chi connectivity index (χ2n) is 5.94. The molecule has 27 heavy (non-hydrogen) atoms. The average molecular weight is 393 g/mol. The Kier molecular flexibility index (Phi) is 5.04. The standard InChI is InChI=1S/C20H16N4OS2/c1-13-22-18(12-26-13)14-4-2-6-16(8-14)23-19(25)9-17-11-27-20(24-17)15-5-3-7-21-10-15/h2-8,10-12H,9H2,1H3,(H,23,25). The second kappa shape index (κ2) is 7.77. The minimum Gasteiger partial charge on any atom is -0.326 e. The summed E-state index contributed by atoms with van der Waals surface area (Å²) in [6.07, 6.45) is 3.73. The highest BCUT2D eigenvalue weighted by atomic mass is 32.1. The van der Waals surface area contributed by atoms with Gasteiger partial charge in [0.05, 0.1) is 22.8 Å². The van der Waals surface area contributed by atoms with Gasteiger partial charge >= 0.3 is 0 Å². The van der Waals surface area contributed by atoms with Gasteiger partial charge in [-0.05, 0) is 31.2 Å². The van der Waals surface area contributed by atoms with Crippen LogP contribution in [0.4, 0.5) is 5.69 Å². The molecule has 4 aromatic rings. The normalized spacial score (nSPS) is 10.7. The molecule has 1 amide bonds. The number of nitrogens with one attached hydrogen (secondary N) is 1. The molecule has 1 N–H and O–H groups in total. The molecule has 0 aliphatic heterocycles. The Balaban J connectivity index is 1.43. The van der Waals surface area contributed by atoms with Crippen molar-refractivity contribution in [3.63, 3.8) is 0 Å². The van der Waals surface area contributed by atoms with E-state index >= 15 is 0 Å². The summed E-state index contributed by atoms with van der Waals surface area (Å²) in [5.41, 5.74) is 4.38. The van der Waals surface area contributed by atoms with Gasteiger partial charge in [0.1, 0.15) is 5.01 Å². The van der Waals surface area contributed by atoms with E-state index in [1.165, 1.54) is 11.3 Å². The van der Waals surface area contributed by atoms with E-state index in [0.717, 1.165) is 38.2 Å².